The molecule has 0 radical (unpaired) electrons. The second-order valence-electron chi connectivity index (χ2n) is 21.1. The minimum atomic E-state index is -4.46. The fraction of sp³-hybridized carbons (Fsp3) is 0.746. The van der Waals surface area contributed by atoms with Crippen molar-refractivity contribution in [2.75, 3.05) is 40.9 Å². The second kappa shape index (κ2) is 52.6. The summed E-state index contributed by atoms with van der Waals surface area (Å²) in [5.41, 5.74) is 0. The van der Waals surface area contributed by atoms with Gasteiger partial charge >= 0.3 is 13.8 Å². The zero-order valence-corrected chi connectivity index (χ0v) is 49.0. The van der Waals surface area contributed by atoms with E-state index in [2.05, 4.69) is 99.0 Å². The van der Waals surface area contributed by atoms with Crippen LogP contribution in [0.5, 0.6) is 0 Å². The molecule has 422 valence electrons. The third kappa shape index (κ3) is 53.8. The number of allylic oxidation sites excluding steroid dienone is 13. The standard InChI is InChI=1S/C63H113N2O7P/c1-7-10-13-16-19-22-25-27-29-30-31-32-33-34-36-38-41-44-47-50-53-56-63(67)72-61(54-51-48-45-42-39-24-21-18-15-12-9-3)60(59-71-73(68,69)70-58-57-65(4,5)6)64-62(66)55-52-49-46-43-40-37-35-28-26-23-20-17-14-11-8-2/h10,13,19,22,27,29,31-32,34,36,41,44,51,54,60-61H,7-9,11-12,14-18,20-21,23-26,28,30,33,35,37-40,42-43,45-50,52-53,55-59H2,1-6H3,(H-,64,66,68,69)/p+1/b13-10-,22-19-,29-27-,32-31-,36-34-,44-41-,54-51+. The maximum atomic E-state index is 13.5. The highest BCUT2D eigenvalue weighted by Crippen LogP contribution is 2.43. The molecule has 2 N–H and O–H groups in total. The van der Waals surface area contributed by atoms with Crippen molar-refractivity contribution in [1.29, 1.82) is 0 Å². The molecule has 1 amide bonds. The average Bonchev–Trinajstić information content (AvgIpc) is 3.35. The van der Waals surface area contributed by atoms with Crippen molar-refractivity contribution in [1.82, 2.24) is 5.32 Å². The van der Waals surface area contributed by atoms with E-state index < -0.39 is 20.0 Å². The molecule has 10 heteroatoms. The van der Waals surface area contributed by atoms with E-state index in [1.165, 1.54) is 122 Å². The third-order valence-electron chi connectivity index (χ3n) is 12.8. The van der Waals surface area contributed by atoms with Crippen molar-refractivity contribution in [2.45, 2.75) is 264 Å². The van der Waals surface area contributed by atoms with Gasteiger partial charge in [0, 0.05) is 12.8 Å². The number of quaternary nitrogens is 1. The molecule has 0 heterocycles. The molecule has 0 saturated heterocycles. The van der Waals surface area contributed by atoms with Crippen molar-refractivity contribution in [2.24, 2.45) is 0 Å². The number of nitrogens with one attached hydrogen (secondary N) is 1. The van der Waals surface area contributed by atoms with Gasteiger partial charge in [0.15, 0.2) is 0 Å². The number of ether oxygens (including phenoxy) is 1. The SMILES string of the molecule is CC/C=C\C/C=C\C/C=C\C/C=C\C/C=C\C/C=C\CCCCC(=O)OC(/C=C/CCCCCCCCCCC)C(COP(=O)(O)OCC[N+](C)(C)C)NC(=O)CCCCCCCCCCCCCCCCC. The van der Waals surface area contributed by atoms with Crippen LogP contribution in [0.3, 0.4) is 0 Å². The Hall–Kier alpha value is -2.81. The van der Waals surface area contributed by atoms with Crippen LogP contribution in [0.25, 0.3) is 0 Å². The highest BCUT2D eigenvalue weighted by atomic mass is 31.2. The highest BCUT2D eigenvalue weighted by Gasteiger charge is 2.30. The molecule has 73 heavy (non-hydrogen) atoms. The number of carbonyl (C=O) groups is 2. The number of rotatable bonds is 53. The fourth-order valence-electron chi connectivity index (χ4n) is 8.24. The van der Waals surface area contributed by atoms with Gasteiger partial charge in [-0.3, -0.25) is 18.6 Å². The molecule has 0 bridgehead atoms. The summed E-state index contributed by atoms with van der Waals surface area (Å²) in [5, 5.41) is 3.04. The Balaban J connectivity index is 5.34. The Labute approximate surface area is 450 Å². The van der Waals surface area contributed by atoms with Gasteiger partial charge in [-0.25, -0.2) is 4.57 Å². The number of hydrogen-bond donors (Lipinski definition) is 2. The van der Waals surface area contributed by atoms with Crippen LogP contribution in [0, 0.1) is 0 Å². The molecular formula is C63H114N2O7P+. The van der Waals surface area contributed by atoms with Crippen molar-refractivity contribution in [3.63, 3.8) is 0 Å². The summed E-state index contributed by atoms with van der Waals surface area (Å²) in [7, 11) is 1.47. The van der Waals surface area contributed by atoms with Gasteiger partial charge < -0.3 is 19.4 Å². The van der Waals surface area contributed by atoms with Crippen LogP contribution < -0.4 is 5.32 Å². The molecule has 3 atom stereocenters. The van der Waals surface area contributed by atoms with Gasteiger partial charge in [0.25, 0.3) is 0 Å². The monoisotopic (exact) mass is 1040 g/mol. The average molecular weight is 1040 g/mol. The lowest BCUT2D eigenvalue weighted by atomic mass is 10.0. The van der Waals surface area contributed by atoms with E-state index in [1.54, 1.807) is 0 Å². The summed E-state index contributed by atoms with van der Waals surface area (Å²) in [6, 6.07) is -0.867. The third-order valence-corrected chi connectivity index (χ3v) is 13.8. The molecule has 0 aromatic heterocycles. The first-order valence-corrected chi connectivity index (χ1v) is 31.4. The van der Waals surface area contributed by atoms with Crippen molar-refractivity contribution in [3.05, 3.63) is 85.1 Å². The van der Waals surface area contributed by atoms with Crippen molar-refractivity contribution < 1.29 is 37.3 Å². The van der Waals surface area contributed by atoms with Gasteiger partial charge in [-0.1, -0.05) is 241 Å². The number of carbonyl (C=O) groups excluding carboxylic acids is 2. The Bertz CT molecular complexity index is 1530. The molecular weight excluding hydrogens is 928 g/mol. The Morgan fingerprint density at radius 1 is 0.493 bits per heavy atom. The maximum absolute atomic E-state index is 13.5. The van der Waals surface area contributed by atoms with E-state index >= 15 is 0 Å². The second-order valence-corrected chi connectivity index (χ2v) is 22.6. The number of phosphoric acid groups is 1. The predicted molar refractivity (Wildman–Crippen MR) is 314 cm³/mol. The minimum Gasteiger partial charge on any atom is -0.456 e. The van der Waals surface area contributed by atoms with Crippen LogP contribution in [0.2, 0.25) is 0 Å². The summed E-state index contributed by atoms with van der Waals surface area (Å²) in [4.78, 5) is 37.6. The molecule has 0 fully saturated rings. The van der Waals surface area contributed by atoms with Crippen LogP contribution in [0.15, 0.2) is 85.1 Å². The van der Waals surface area contributed by atoms with E-state index in [9.17, 15) is 19.0 Å². The Morgan fingerprint density at radius 2 is 0.877 bits per heavy atom. The first-order valence-electron chi connectivity index (χ1n) is 29.9. The zero-order valence-electron chi connectivity index (χ0n) is 48.1. The quantitative estimate of drug-likeness (QED) is 0.0205. The summed E-state index contributed by atoms with van der Waals surface area (Å²) < 4.78 is 30.6. The highest BCUT2D eigenvalue weighted by molar-refractivity contribution is 7.47. The zero-order chi connectivity index (χ0) is 53.6. The minimum absolute atomic E-state index is 0.0309. The lowest BCUT2D eigenvalue weighted by Gasteiger charge is -2.27. The lowest BCUT2D eigenvalue weighted by molar-refractivity contribution is -0.870. The number of amides is 1. The summed E-state index contributed by atoms with van der Waals surface area (Å²) in [5.74, 6) is -0.555. The first-order chi connectivity index (χ1) is 35.4. The fourth-order valence-corrected chi connectivity index (χ4v) is 8.97. The Morgan fingerprint density at radius 3 is 1.33 bits per heavy atom. The van der Waals surface area contributed by atoms with E-state index in [0.29, 0.717) is 23.9 Å². The topological polar surface area (TPSA) is 111 Å². The van der Waals surface area contributed by atoms with Gasteiger partial charge in [-0.15, -0.1) is 0 Å². The molecule has 0 aromatic rings. The number of unbranched alkanes of at least 4 members (excludes halogenated alkanes) is 25. The van der Waals surface area contributed by atoms with E-state index in [1.807, 2.05) is 33.3 Å². The summed E-state index contributed by atoms with van der Waals surface area (Å²) in [6.07, 6.45) is 68.7. The van der Waals surface area contributed by atoms with Gasteiger partial charge in [-0.2, -0.15) is 0 Å². The maximum Gasteiger partial charge on any atom is 0.472 e. The predicted octanol–water partition coefficient (Wildman–Crippen LogP) is 18.2. The molecule has 0 aliphatic heterocycles. The molecule has 0 spiro atoms. The van der Waals surface area contributed by atoms with Crippen LogP contribution >= 0.6 is 7.82 Å². The number of nitrogens with zero attached hydrogens (tertiary/aromatic N) is 1. The number of phosphoric ester groups is 1. The molecule has 0 aliphatic rings. The van der Waals surface area contributed by atoms with E-state index in [4.69, 9.17) is 13.8 Å². The number of likely N-dealkylation sites (N-methyl/N-ethyl adjacent to an activating group) is 1. The smallest absolute Gasteiger partial charge is 0.456 e. The van der Waals surface area contributed by atoms with Crippen molar-refractivity contribution >= 4 is 19.7 Å². The molecule has 3 unspecified atom stereocenters. The van der Waals surface area contributed by atoms with Crippen LogP contribution in [-0.2, 0) is 27.9 Å². The van der Waals surface area contributed by atoms with Gasteiger partial charge in [-0.05, 0) is 83.1 Å². The van der Waals surface area contributed by atoms with Gasteiger partial charge in [0.2, 0.25) is 5.91 Å². The molecule has 9 nitrogen and oxygen atoms in total. The van der Waals surface area contributed by atoms with E-state index in [-0.39, 0.29) is 31.5 Å². The van der Waals surface area contributed by atoms with Crippen LogP contribution in [0.1, 0.15) is 252 Å². The van der Waals surface area contributed by atoms with Crippen LogP contribution in [0.4, 0.5) is 0 Å². The molecule has 0 aliphatic carbocycles. The lowest BCUT2D eigenvalue weighted by Crippen LogP contribution is -2.47. The Kier molecular flexibility index (Phi) is 50.6. The normalized spacial score (nSPS) is 14.3. The summed E-state index contributed by atoms with van der Waals surface area (Å²) >= 11 is 0. The molecule has 0 aromatic carbocycles. The van der Waals surface area contributed by atoms with Gasteiger partial charge in [0.05, 0.1) is 33.8 Å². The van der Waals surface area contributed by atoms with Crippen LogP contribution in [-0.4, -0.2) is 74.3 Å². The first kappa shape index (κ1) is 70.2. The molecule has 0 saturated carbocycles. The summed E-state index contributed by atoms with van der Waals surface area (Å²) in [6.45, 7) is 6.86. The van der Waals surface area contributed by atoms with E-state index in [0.717, 1.165) is 89.9 Å². The number of esters is 1. The van der Waals surface area contributed by atoms with Crippen molar-refractivity contribution in [3.8, 4) is 0 Å². The van der Waals surface area contributed by atoms with Gasteiger partial charge in [0.1, 0.15) is 19.3 Å². The number of hydrogen-bond acceptors (Lipinski definition) is 6. The largest absolute Gasteiger partial charge is 0.472 e. The molecule has 0 rings (SSSR count).